The molecule has 0 radical (unpaired) electrons. The van der Waals surface area contributed by atoms with Crippen LogP contribution in [0.1, 0.15) is 37.4 Å². The van der Waals surface area contributed by atoms with E-state index in [-0.39, 0.29) is 18.4 Å². The predicted molar refractivity (Wildman–Crippen MR) is 119 cm³/mol. The molecule has 0 bridgehead atoms. The van der Waals surface area contributed by atoms with Gasteiger partial charge < -0.3 is 30.0 Å². The number of benzene rings is 1. The molecule has 1 aromatic rings. The predicted octanol–water partition coefficient (Wildman–Crippen LogP) is 1.82. The Morgan fingerprint density at radius 2 is 1.56 bits per heavy atom. The summed E-state index contributed by atoms with van der Waals surface area (Å²) < 4.78 is 16.1. The molecule has 0 aliphatic rings. The van der Waals surface area contributed by atoms with E-state index < -0.39 is 12.1 Å². The minimum Gasteiger partial charge on any atom is -0.493 e. The Kier molecular flexibility index (Phi) is 12.9. The van der Waals surface area contributed by atoms with Gasteiger partial charge in [-0.2, -0.15) is 0 Å². The van der Waals surface area contributed by atoms with E-state index in [9.17, 15) is 19.5 Å². The molecule has 9 heteroatoms. The Morgan fingerprint density at radius 1 is 0.969 bits per heavy atom. The van der Waals surface area contributed by atoms with Crippen molar-refractivity contribution in [2.45, 2.75) is 31.8 Å². The van der Waals surface area contributed by atoms with Gasteiger partial charge in [0.25, 0.3) is 0 Å². The Bertz CT molecular complexity index is 780. The van der Waals surface area contributed by atoms with E-state index in [1.54, 1.807) is 12.1 Å². The van der Waals surface area contributed by atoms with Crippen molar-refractivity contribution in [3.05, 3.63) is 49.1 Å². The van der Waals surface area contributed by atoms with Crippen LogP contribution in [0.25, 0.3) is 0 Å². The number of ether oxygens (including phenoxy) is 3. The van der Waals surface area contributed by atoms with Crippen LogP contribution in [-0.4, -0.2) is 56.3 Å². The summed E-state index contributed by atoms with van der Waals surface area (Å²) in [6.07, 6.45) is 3.59. The zero-order valence-electron chi connectivity index (χ0n) is 18.4. The van der Waals surface area contributed by atoms with Gasteiger partial charge in [-0.3, -0.25) is 9.59 Å². The number of hydrogen-bond acceptors (Lipinski definition) is 7. The molecule has 0 aromatic heterocycles. The van der Waals surface area contributed by atoms with Crippen LogP contribution < -0.4 is 20.1 Å². The van der Waals surface area contributed by atoms with Gasteiger partial charge >= 0.3 is 5.97 Å². The lowest BCUT2D eigenvalue weighted by molar-refractivity contribution is -0.154. The van der Waals surface area contributed by atoms with Gasteiger partial charge in [0.2, 0.25) is 11.8 Å². The number of carbonyl (C=O) groups is 3. The minimum absolute atomic E-state index is 0.130. The molecule has 32 heavy (non-hydrogen) atoms. The number of aliphatic hydroxyl groups is 1. The smallest absolute Gasteiger partial charge is 0.339 e. The van der Waals surface area contributed by atoms with Crippen LogP contribution in [-0.2, 0) is 19.1 Å². The van der Waals surface area contributed by atoms with Gasteiger partial charge in [0.15, 0.2) is 17.6 Å². The van der Waals surface area contributed by atoms with E-state index in [2.05, 4.69) is 23.8 Å². The second-order valence-electron chi connectivity index (χ2n) is 6.73. The lowest BCUT2D eigenvalue weighted by Crippen LogP contribution is -2.22. The van der Waals surface area contributed by atoms with Crippen molar-refractivity contribution < 1.29 is 33.7 Å². The van der Waals surface area contributed by atoms with Crippen LogP contribution in [0.4, 0.5) is 0 Å². The molecule has 1 unspecified atom stereocenters. The minimum atomic E-state index is -1.45. The third kappa shape index (κ3) is 10.1. The van der Waals surface area contributed by atoms with Crippen LogP contribution in [0.15, 0.2) is 43.5 Å². The average molecular weight is 449 g/mol. The molecule has 176 valence electrons. The van der Waals surface area contributed by atoms with Gasteiger partial charge in [-0.05, 0) is 55.5 Å². The second kappa shape index (κ2) is 15.5. The van der Waals surface area contributed by atoms with Crippen molar-refractivity contribution in [3.8, 4) is 11.5 Å². The van der Waals surface area contributed by atoms with Gasteiger partial charge in [-0.1, -0.05) is 19.2 Å². The monoisotopic (exact) mass is 448 g/mol. The average Bonchev–Trinajstić information content (AvgIpc) is 2.82. The molecular formula is C23H32N2O7. The number of unbranched alkanes of at least 4 members (excludes halogenated alkanes) is 2. The zero-order chi connectivity index (χ0) is 23.8. The van der Waals surface area contributed by atoms with Gasteiger partial charge in [0.1, 0.15) is 0 Å². The molecule has 0 fully saturated rings. The summed E-state index contributed by atoms with van der Waals surface area (Å²) in [6, 6.07) is 4.71. The molecule has 0 aliphatic heterocycles. The van der Waals surface area contributed by atoms with Crippen LogP contribution >= 0.6 is 0 Å². The van der Waals surface area contributed by atoms with E-state index in [1.807, 2.05) is 0 Å². The van der Waals surface area contributed by atoms with Gasteiger partial charge in [-0.25, -0.2) is 4.79 Å². The van der Waals surface area contributed by atoms with Crippen molar-refractivity contribution in [3.63, 3.8) is 0 Å². The Hall–Kier alpha value is -3.33. The first-order valence-corrected chi connectivity index (χ1v) is 10.4. The lowest BCUT2D eigenvalue weighted by Gasteiger charge is -2.15. The number of rotatable bonds is 16. The summed E-state index contributed by atoms with van der Waals surface area (Å²) in [4.78, 5) is 34.2. The van der Waals surface area contributed by atoms with E-state index in [0.717, 1.165) is 6.42 Å². The number of methoxy groups -OCH3 is 1. The number of hydrogen-bond donors (Lipinski definition) is 3. The molecule has 1 aromatic carbocycles. The first kappa shape index (κ1) is 26.7. The zero-order valence-corrected chi connectivity index (χ0v) is 18.4. The van der Waals surface area contributed by atoms with Crippen LogP contribution in [0.5, 0.6) is 11.5 Å². The fourth-order valence-electron chi connectivity index (χ4n) is 2.57. The van der Waals surface area contributed by atoms with Crippen molar-refractivity contribution >= 4 is 17.8 Å². The summed E-state index contributed by atoms with van der Waals surface area (Å²) in [5.41, 5.74) is 0.324. The topological polar surface area (TPSA) is 123 Å². The molecule has 1 atom stereocenters. The molecule has 0 saturated carbocycles. The van der Waals surface area contributed by atoms with E-state index >= 15 is 0 Å². The van der Waals surface area contributed by atoms with Crippen LogP contribution in [0, 0.1) is 0 Å². The van der Waals surface area contributed by atoms with Crippen LogP contribution in [0.3, 0.4) is 0 Å². The summed E-state index contributed by atoms with van der Waals surface area (Å²) >= 11 is 0. The van der Waals surface area contributed by atoms with E-state index in [0.29, 0.717) is 56.0 Å². The highest BCUT2D eigenvalue weighted by molar-refractivity contribution is 5.87. The molecule has 2 amide bonds. The number of amides is 2. The van der Waals surface area contributed by atoms with Crippen molar-refractivity contribution in [2.75, 3.05) is 33.4 Å². The Morgan fingerprint density at radius 3 is 2.12 bits per heavy atom. The standard InChI is InChI=1S/C23H32N2O7/c1-4-20(26)24-12-6-8-14-31-18-11-10-17(16-19(18)30-3)22(28)23(29)32-15-9-7-13-25-21(27)5-2/h4-5,10-11,16,22,28H,1-2,6-9,12-15H2,3H3,(H,24,26)(H,25,27). The lowest BCUT2D eigenvalue weighted by atomic mass is 10.1. The number of aliphatic hydroxyl groups excluding tert-OH is 1. The molecule has 3 N–H and O–H groups in total. The highest BCUT2D eigenvalue weighted by Gasteiger charge is 2.20. The van der Waals surface area contributed by atoms with Gasteiger partial charge in [0.05, 0.1) is 20.3 Å². The summed E-state index contributed by atoms with van der Waals surface area (Å²) in [7, 11) is 1.46. The highest BCUT2D eigenvalue weighted by atomic mass is 16.5. The molecule has 9 nitrogen and oxygen atoms in total. The normalized spacial score (nSPS) is 11.1. The third-order valence-corrected chi connectivity index (χ3v) is 4.34. The number of nitrogens with one attached hydrogen (secondary N) is 2. The molecule has 0 heterocycles. The Labute approximate surface area is 188 Å². The molecule has 0 spiro atoms. The maximum absolute atomic E-state index is 12.1. The summed E-state index contributed by atoms with van der Waals surface area (Å²) in [6.45, 7) is 8.27. The van der Waals surface area contributed by atoms with Crippen molar-refractivity contribution in [1.29, 1.82) is 0 Å². The van der Waals surface area contributed by atoms with E-state index in [4.69, 9.17) is 14.2 Å². The fourth-order valence-corrected chi connectivity index (χ4v) is 2.57. The molecular weight excluding hydrogens is 416 g/mol. The van der Waals surface area contributed by atoms with E-state index in [1.165, 1.54) is 25.3 Å². The van der Waals surface area contributed by atoms with Crippen molar-refractivity contribution in [2.24, 2.45) is 0 Å². The summed E-state index contributed by atoms with van der Waals surface area (Å²) in [5.74, 6) is -0.369. The maximum atomic E-state index is 12.1. The fraction of sp³-hybridized carbons (Fsp3) is 0.435. The largest absolute Gasteiger partial charge is 0.493 e. The highest BCUT2D eigenvalue weighted by Crippen LogP contribution is 2.31. The summed E-state index contributed by atoms with van der Waals surface area (Å²) in [5, 5.41) is 15.6. The van der Waals surface area contributed by atoms with Gasteiger partial charge in [0, 0.05) is 13.1 Å². The number of carbonyl (C=O) groups excluding carboxylic acids is 3. The van der Waals surface area contributed by atoms with Crippen LogP contribution in [0.2, 0.25) is 0 Å². The quantitative estimate of drug-likeness (QED) is 0.200. The molecule has 1 rings (SSSR count). The first-order chi connectivity index (χ1) is 15.4. The third-order valence-electron chi connectivity index (χ3n) is 4.34. The molecule has 0 aliphatic carbocycles. The second-order valence-corrected chi connectivity index (χ2v) is 6.73. The maximum Gasteiger partial charge on any atom is 0.339 e. The number of esters is 1. The SMILES string of the molecule is C=CC(=O)NCCCCOC(=O)C(O)c1ccc(OCCCCNC(=O)C=C)c(OC)c1. The molecule has 0 saturated heterocycles. The Balaban J connectivity index is 2.42. The first-order valence-electron chi connectivity index (χ1n) is 10.4. The van der Waals surface area contributed by atoms with Gasteiger partial charge in [-0.15, -0.1) is 0 Å². The van der Waals surface area contributed by atoms with Crippen molar-refractivity contribution in [1.82, 2.24) is 10.6 Å².